The molecule has 1 aromatic heterocycles. The summed E-state index contributed by atoms with van der Waals surface area (Å²) in [6, 6.07) is 8.04. The molecule has 2 rings (SSSR count). The number of carbonyl (C=O) groups is 1. The lowest BCUT2D eigenvalue weighted by atomic mass is 10.0. The number of amides is 1. The van der Waals surface area contributed by atoms with Crippen molar-refractivity contribution in [2.45, 2.75) is 33.2 Å². The standard InChI is InChI=1S/C17H18Cl2N2O/c1-4-12-5-7-13(8-6-12)10(2)21-17(22)14-9-20-11(3)15(18)16(14)19/h5-10H,4H2,1-3H3,(H,21,22)/t10-/m0/s1. The van der Waals surface area contributed by atoms with Gasteiger partial charge >= 0.3 is 0 Å². The first kappa shape index (κ1) is 16.8. The zero-order chi connectivity index (χ0) is 16.3. The van der Waals surface area contributed by atoms with Crippen molar-refractivity contribution in [2.75, 3.05) is 0 Å². The first-order chi connectivity index (χ1) is 10.4. The fourth-order valence-electron chi connectivity index (χ4n) is 2.11. The number of benzene rings is 1. The molecule has 5 heteroatoms. The average Bonchev–Trinajstić information content (AvgIpc) is 2.52. The van der Waals surface area contributed by atoms with Gasteiger partial charge in [0.05, 0.1) is 27.3 Å². The van der Waals surface area contributed by atoms with Crippen LogP contribution >= 0.6 is 23.2 Å². The normalized spacial score (nSPS) is 12.0. The van der Waals surface area contributed by atoms with Gasteiger partial charge < -0.3 is 5.32 Å². The molecule has 1 atom stereocenters. The zero-order valence-corrected chi connectivity index (χ0v) is 14.3. The van der Waals surface area contributed by atoms with E-state index < -0.39 is 0 Å². The summed E-state index contributed by atoms with van der Waals surface area (Å²) in [6.45, 7) is 5.78. The Labute approximate surface area is 140 Å². The highest BCUT2D eigenvalue weighted by Gasteiger charge is 2.17. The van der Waals surface area contributed by atoms with E-state index in [1.165, 1.54) is 11.8 Å². The molecule has 0 fully saturated rings. The number of nitrogens with zero attached hydrogens (tertiary/aromatic N) is 1. The van der Waals surface area contributed by atoms with E-state index in [0.717, 1.165) is 12.0 Å². The van der Waals surface area contributed by atoms with Crippen LogP contribution < -0.4 is 5.32 Å². The Bertz CT molecular complexity index is 684. The summed E-state index contributed by atoms with van der Waals surface area (Å²) < 4.78 is 0. The van der Waals surface area contributed by atoms with Gasteiger partial charge in [-0.15, -0.1) is 0 Å². The molecule has 0 bridgehead atoms. The Morgan fingerprint density at radius 3 is 2.45 bits per heavy atom. The van der Waals surface area contributed by atoms with Crippen LogP contribution in [0.15, 0.2) is 30.5 Å². The van der Waals surface area contributed by atoms with E-state index in [1.807, 2.05) is 19.1 Å². The molecule has 0 saturated heterocycles. The second-order valence-corrected chi connectivity index (χ2v) is 5.93. The molecule has 1 N–H and O–H groups in total. The second kappa shape index (κ2) is 7.12. The Balaban J connectivity index is 2.15. The summed E-state index contributed by atoms with van der Waals surface area (Å²) >= 11 is 12.2. The molecule has 1 heterocycles. The minimum absolute atomic E-state index is 0.130. The van der Waals surface area contributed by atoms with E-state index in [9.17, 15) is 4.79 Å². The number of nitrogens with one attached hydrogen (secondary N) is 1. The SMILES string of the molecule is CCc1ccc([C@H](C)NC(=O)c2cnc(C)c(Cl)c2Cl)cc1. The third-order valence-corrected chi connectivity index (χ3v) is 4.57. The molecule has 22 heavy (non-hydrogen) atoms. The molecule has 0 radical (unpaired) electrons. The number of pyridine rings is 1. The molecule has 0 aliphatic carbocycles. The van der Waals surface area contributed by atoms with Crippen LogP contribution in [-0.4, -0.2) is 10.9 Å². The van der Waals surface area contributed by atoms with Gasteiger partial charge in [0.1, 0.15) is 0 Å². The van der Waals surface area contributed by atoms with Crippen LogP contribution in [0.3, 0.4) is 0 Å². The summed E-state index contributed by atoms with van der Waals surface area (Å²) in [5.41, 5.74) is 3.19. The number of hydrogen-bond donors (Lipinski definition) is 1. The van der Waals surface area contributed by atoms with Gasteiger partial charge in [0, 0.05) is 6.20 Å². The van der Waals surface area contributed by atoms with Crippen molar-refractivity contribution in [3.05, 3.63) is 62.9 Å². The molecule has 1 amide bonds. The van der Waals surface area contributed by atoms with Crippen molar-refractivity contribution in [1.82, 2.24) is 10.3 Å². The van der Waals surface area contributed by atoms with E-state index in [2.05, 4.69) is 29.4 Å². The molecule has 0 saturated carbocycles. The lowest BCUT2D eigenvalue weighted by Gasteiger charge is -2.16. The predicted molar refractivity (Wildman–Crippen MR) is 90.7 cm³/mol. The second-order valence-electron chi connectivity index (χ2n) is 5.18. The van der Waals surface area contributed by atoms with Crippen molar-refractivity contribution in [1.29, 1.82) is 0 Å². The van der Waals surface area contributed by atoms with Gasteiger partial charge in [0.2, 0.25) is 0 Å². The van der Waals surface area contributed by atoms with E-state index in [1.54, 1.807) is 6.92 Å². The number of aromatic nitrogens is 1. The highest BCUT2D eigenvalue weighted by molar-refractivity contribution is 6.44. The molecule has 3 nitrogen and oxygen atoms in total. The minimum atomic E-state index is -0.286. The maximum absolute atomic E-state index is 12.3. The molecule has 1 aromatic carbocycles. The van der Waals surface area contributed by atoms with Gasteiger partial charge in [-0.2, -0.15) is 0 Å². The summed E-state index contributed by atoms with van der Waals surface area (Å²) in [5, 5.41) is 3.47. The van der Waals surface area contributed by atoms with Gasteiger partial charge in [-0.25, -0.2) is 0 Å². The minimum Gasteiger partial charge on any atom is -0.345 e. The summed E-state index contributed by atoms with van der Waals surface area (Å²) in [6.07, 6.45) is 2.44. The zero-order valence-electron chi connectivity index (χ0n) is 12.8. The van der Waals surface area contributed by atoms with Crippen LogP contribution in [0, 0.1) is 6.92 Å². The third-order valence-electron chi connectivity index (χ3n) is 3.61. The van der Waals surface area contributed by atoms with Crippen molar-refractivity contribution < 1.29 is 4.79 Å². The Morgan fingerprint density at radius 1 is 1.23 bits per heavy atom. The first-order valence-corrected chi connectivity index (χ1v) is 7.90. The summed E-state index contributed by atoms with van der Waals surface area (Å²) in [4.78, 5) is 16.4. The molecule has 0 spiro atoms. The number of halogens is 2. The lowest BCUT2D eigenvalue weighted by Crippen LogP contribution is -2.27. The monoisotopic (exact) mass is 336 g/mol. The average molecular weight is 337 g/mol. The third kappa shape index (κ3) is 3.60. The summed E-state index contributed by atoms with van der Waals surface area (Å²) in [5.74, 6) is -0.286. The van der Waals surface area contributed by atoms with Crippen LogP contribution in [0.4, 0.5) is 0 Å². The molecule has 0 aliphatic rings. The maximum Gasteiger partial charge on any atom is 0.254 e. The van der Waals surface area contributed by atoms with Crippen molar-refractivity contribution >= 4 is 29.1 Å². The van der Waals surface area contributed by atoms with E-state index >= 15 is 0 Å². The van der Waals surface area contributed by atoms with E-state index in [0.29, 0.717) is 10.7 Å². The van der Waals surface area contributed by atoms with Crippen LogP contribution in [-0.2, 0) is 6.42 Å². The smallest absolute Gasteiger partial charge is 0.254 e. The summed E-state index contributed by atoms with van der Waals surface area (Å²) in [7, 11) is 0. The largest absolute Gasteiger partial charge is 0.345 e. The fourth-order valence-corrected chi connectivity index (χ4v) is 2.53. The molecular weight excluding hydrogens is 319 g/mol. The highest BCUT2D eigenvalue weighted by atomic mass is 35.5. The van der Waals surface area contributed by atoms with Crippen LogP contribution in [0.5, 0.6) is 0 Å². The van der Waals surface area contributed by atoms with Gasteiger partial charge in [-0.05, 0) is 31.4 Å². The molecule has 0 aliphatic heterocycles. The maximum atomic E-state index is 12.3. The first-order valence-electron chi connectivity index (χ1n) is 7.14. The predicted octanol–water partition coefficient (Wildman–Crippen LogP) is 4.75. The topological polar surface area (TPSA) is 42.0 Å². The number of hydrogen-bond acceptors (Lipinski definition) is 2. The van der Waals surface area contributed by atoms with Crippen LogP contribution in [0.25, 0.3) is 0 Å². The highest BCUT2D eigenvalue weighted by Crippen LogP contribution is 2.28. The number of aryl methyl sites for hydroxylation is 2. The number of rotatable bonds is 4. The van der Waals surface area contributed by atoms with Gasteiger partial charge in [0.15, 0.2) is 0 Å². The van der Waals surface area contributed by atoms with E-state index in [-0.39, 0.29) is 22.5 Å². The van der Waals surface area contributed by atoms with Gasteiger partial charge in [-0.1, -0.05) is 54.4 Å². The van der Waals surface area contributed by atoms with Crippen molar-refractivity contribution in [3.63, 3.8) is 0 Å². The Kier molecular flexibility index (Phi) is 5.43. The quantitative estimate of drug-likeness (QED) is 0.875. The Hall–Kier alpha value is -1.58. The van der Waals surface area contributed by atoms with Gasteiger partial charge in [-0.3, -0.25) is 9.78 Å². The van der Waals surface area contributed by atoms with Gasteiger partial charge in [0.25, 0.3) is 5.91 Å². The fraction of sp³-hybridized carbons (Fsp3) is 0.294. The molecule has 116 valence electrons. The van der Waals surface area contributed by atoms with Crippen molar-refractivity contribution in [2.24, 2.45) is 0 Å². The Morgan fingerprint density at radius 2 is 1.86 bits per heavy atom. The van der Waals surface area contributed by atoms with Crippen LogP contribution in [0.1, 0.15) is 47.1 Å². The van der Waals surface area contributed by atoms with Crippen LogP contribution in [0.2, 0.25) is 10.0 Å². The lowest BCUT2D eigenvalue weighted by molar-refractivity contribution is 0.0939. The molecule has 0 unspecified atom stereocenters. The molecule has 2 aromatic rings. The molecular formula is C17H18Cl2N2O. The van der Waals surface area contributed by atoms with Crippen molar-refractivity contribution in [3.8, 4) is 0 Å². The number of carbonyl (C=O) groups excluding carboxylic acids is 1. The van der Waals surface area contributed by atoms with E-state index in [4.69, 9.17) is 23.2 Å².